The number of carboxylic acids is 1. The van der Waals surface area contributed by atoms with Crippen LogP contribution in [0.2, 0.25) is 0 Å². The van der Waals surface area contributed by atoms with Gasteiger partial charge >= 0.3 is 5.97 Å². The van der Waals surface area contributed by atoms with Gasteiger partial charge in [0, 0.05) is 24.9 Å². The summed E-state index contributed by atoms with van der Waals surface area (Å²) in [6.07, 6.45) is 13.2. The molecule has 2 aliphatic carbocycles. The van der Waals surface area contributed by atoms with Crippen LogP contribution in [-0.2, 0) is 4.79 Å². The number of carbonyl (C=O) groups is 1. The summed E-state index contributed by atoms with van der Waals surface area (Å²) in [4.78, 5) is 14.4. The lowest BCUT2D eigenvalue weighted by atomic mass is 9.55. The van der Waals surface area contributed by atoms with E-state index in [1.165, 1.54) is 0 Å². The van der Waals surface area contributed by atoms with Crippen LogP contribution < -0.4 is 9.47 Å². The highest BCUT2D eigenvalue weighted by molar-refractivity contribution is 5.69. The van der Waals surface area contributed by atoms with Crippen molar-refractivity contribution in [1.82, 2.24) is 4.90 Å². The van der Waals surface area contributed by atoms with Gasteiger partial charge in [-0.3, -0.25) is 4.79 Å². The van der Waals surface area contributed by atoms with Crippen molar-refractivity contribution in [3.63, 3.8) is 0 Å². The second-order valence-electron chi connectivity index (χ2n) is 9.82. The molecule has 4 aliphatic rings. The van der Waals surface area contributed by atoms with Crippen LogP contribution in [-0.4, -0.2) is 52.6 Å². The van der Waals surface area contributed by atoms with Crippen LogP contribution in [0.25, 0.3) is 0 Å². The lowest BCUT2D eigenvalue weighted by Crippen LogP contribution is -2.56. The van der Waals surface area contributed by atoms with E-state index < -0.39 is 17.0 Å². The summed E-state index contributed by atoms with van der Waals surface area (Å²) in [7, 11) is 0. The van der Waals surface area contributed by atoms with E-state index in [1.54, 1.807) is 0 Å². The largest absolute Gasteiger partial charge is 0.481 e. The first-order valence-electron chi connectivity index (χ1n) is 12.0. The van der Waals surface area contributed by atoms with Crippen LogP contribution in [0.15, 0.2) is 48.6 Å². The molecule has 0 aromatic heterocycles. The summed E-state index contributed by atoms with van der Waals surface area (Å²) in [5, 5.41) is 21.9. The Kier molecular flexibility index (Phi) is 5.76. The fourth-order valence-corrected chi connectivity index (χ4v) is 6.47. The Hall–Kier alpha value is -2.31. The molecule has 1 saturated heterocycles. The van der Waals surface area contributed by atoms with Gasteiger partial charge in [0.15, 0.2) is 11.5 Å². The number of allylic oxidation sites excluding steroid dienone is 2. The minimum absolute atomic E-state index is 0.0382. The molecular formula is C26H33NO5. The first-order valence-corrected chi connectivity index (χ1v) is 12.0. The van der Waals surface area contributed by atoms with E-state index in [1.807, 2.05) is 48.6 Å². The van der Waals surface area contributed by atoms with Gasteiger partial charge in [-0.05, 0) is 49.8 Å². The van der Waals surface area contributed by atoms with Crippen molar-refractivity contribution in [3.05, 3.63) is 48.6 Å². The van der Waals surface area contributed by atoms with E-state index in [-0.39, 0.29) is 24.5 Å². The SMILES string of the molecule is O=C(O)CC1(C2CCN(CCC3Oc4ccccc4O3)C2)C=CC=CC1(O)C1CCCC1. The molecule has 0 bridgehead atoms. The minimum Gasteiger partial charge on any atom is -0.481 e. The number of benzene rings is 1. The van der Waals surface area contributed by atoms with Crippen molar-refractivity contribution in [2.24, 2.45) is 17.3 Å². The summed E-state index contributed by atoms with van der Waals surface area (Å²) in [6, 6.07) is 7.72. The van der Waals surface area contributed by atoms with E-state index >= 15 is 0 Å². The Labute approximate surface area is 189 Å². The Balaban J connectivity index is 1.28. The number of para-hydroxylation sites is 2. The zero-order valence-corrected chi connectivity index (χ0v) is 18.5. The number of hydrogen-bond acceptors (Lipinski definition) is 5. The highest BCUT2D eigenvalue weighted by Gasteiger charge is 2.58. The number of aliphatic hydroxyl groups is 1. The molecule has 32 heavy (non-hydrogen) atoms. The molecule has 1 saturated carbocycles. The van der Waals surface area contributed by atoms with Gasteiger partial charge in [-0.15, -0.1) is 0 Å². The average Bonchev–Trinajstić information content (AvgIpc) is 3.53. The Morgan fingerprint density at radius 2 is 1.72 bits per heavy atom. The average molecular weight is 440 g/mol. The van der Waals surface area contributed by atoms with Crippen LogP contribution in [0.5, 0.6) is 11.5 Å². The van der Waals surface area contributed by atoms with Crippen LogP contribution in [0, 0.1) is 17.3 Å². The molecule has 2 aliphatic heterocycles. The molecule has 1 aromatic rings. The van der Waals surface area contributed by atoms with Crippen molar-refractivity contribution in [2.45, 2.75) is 56.8 Å². The van der Waals surface area contributed by atoms with Crippen LogP contribution in [0.4, 0.5) is 0 Å². The predicted molar refractivity (Wildman–Crippen MR) is 121 cm³/mol. The number of ether oxygens (including phenoxy) is 2. The number of fused-ring (bicyclic) bond motifs is 1. The van der Waals surface area contributed by atoms with Crippen molar-refractivity contribution < 1.29 is 24.5 Å². The second kappa shape index (κ2) is 8.56. The van der Waals surface area contributed by atoms with Crippen molar-refractivity contribution >= 4 is 5.97 Å². The van der Waals surface area contributed by atoms with Crippen molar-refractivity contribution in [1.29, 1.82) is 0 Å². The molecule has 0 amide bonds. The minimum atomic E-state index is -1.10. The van der Waals surface area contributed by atoms with E-state index in [2.05, 4.69) is 4.90 Å². The summed E-state index contributed by atoms with van der Waals surface area (Å²) < 4.78 is 11.8. The maximum absolute atomic E-state index is 12.0. The third-order valence-corrected chi connectivity index (χ3v) is 8.07. The first kappa shape index (κ1) is 21.5. The second-order valence-corrected chi connectivity index (χ2v) is 9.82. The van der Waals surface area contributed by atoms with Gasteiger partial charge < -0.3 is 24.6 Å². The van der Waals surface area contributed by atoms with E-state index in [0.29, 0.717) is 0 Å². The van der Waals surface area contributed by atoms with Crippen LogP contribution in [0.1, 0.15) is 44.9 Å². The number of rotatable bonds is 7. The van der Waals surface area contributed by atoms with Gasteiger partial charge in [0.2, 0.25) is 6.29 Å². The first-order chi connectivity index (χ1) is 15.5. The summed E-state index contributed by atoms with van der Waals surface area (Å²) in [5.74, 6) is 0.949. The molecule has 3 unspecified atom stereocenters. The molecular weight excluding hydrogens is 406 g/mol. The van der Waals surface area contributed by atoms with Crippen molar-refractivity contribution in [3.8, 4) is 11.5 Å². The maximum Gasteiger partial charge on any atom is 0.304 e. The van der Waals surface area contributed by atoms with Gasteiger partial charge in [0.05, 0.1) is 12.0 Å². The molecule has 2 heterocycles. The number of aliphatic carboxylic acids is 1. The molecule has 172 valence electrons. The highest BCUT2D eigenvalue weighted by atomic mass is 16.7. The van der Waals surface area contributed by atoms with Gasteiger partial charge in [0.1, 0.15) is 0 Å². The third kappa shape index (κ3) is 3.73. The Morgan fingerprint density at radius 1 is 1.03 bits per heavy atom. The summed E-state index contributed by atoms with van der Waals surface area (Å²) >= 11 is 0. The molecule has 6 heteroatoms. The van der Waals surface area contributed by atoms with Gasteiger partial charge in [-0.25, -0.2) is 0 Å². The van der Waals surface area contributed by atoms with E-state index in [9.17, 15) is 15.0 Å². The Bertz CT molecular complexity index is 882. The molecule has 0 radical (unpaired) electrons. The maximum atomic E-state index is 12.0. The quantitative estimate of drug-likeness (QED) is 0.669. The predicted octanol–water partition coefficient (Wildman–Crippen LogP) is 4.00. The molecule has 1 aromatic carbocycles. The van der Waals surface area contributed by atoms with Gasteiger partial charge in [-0.2, -0.15) is 0 Å². The monoisotopic (exact) mass is 439 g/mol. The topological polar surface area (TPSA) is 79.2 Å². The molecule has 3 atom stereocenters. The molecule has 0 spiro atoms. The number of likely N-dealkylation sites (tertiary alicyclic amines) is 1. The van der Waals surface area contributed by atoms with Crippen molar-refractivity contribution in [2.75, 3.05) is 19.6 Å². The van der Waals surface area contributed by atoms with E-state index in [0.717, 1.165) is 69.7 Å². The fourth-order valence-electron chi connectivity index (χ4n) is 6.47. The number of nitrogens with zero attached hydrogens (tertiary/aromatic N) is 1. The molecule has 2 N–H and O–H groups in total. The fraction of sp³-hybridized carbons (Fsp3) is 0.577. The zero-order chi connectivity index (χ0) is 22.2. The van der Waals surface area contributed by atoms with Crippen LogP contribution in [0.3, 0.4) is 0 Å². The normalized spacial score (nSPS) is 32.7. The highest BCUT2D eigenvalue weighted by Crippen LogP contribution is 2.55. The standard InChI is InChI=1S/C26H33NO5/c28-23(29)17-25(13-5-6-14-26(25,30)19-7-1-2-8-19)20-11-15-27(18-20)16-12-24-31-21-9-3-4-10-22(21)32-24/h3-6,9-10,13-14,19-20,24,30H,1-2,7-8,11-12,15-18H2,(H,28,29). The molecule has 2 fully saturated rings. The summed E-state index contributed by atoms with van der Waals surface area (Å²) in [6.45, 7) is 2.49. The molecule has 6 nitrogen and oxygen atoms in total. The number of carboxylic acid groups (broad SMARTS) is 1. The van der Waals surface area contributed by atoms with Crippen LogP contribution >= 0.6 is 0 Å². The number of hydrogen-bond donors (Lipinski definition) is 2. The Morgan fingerprint density at radius 3 is 2.41 bits per heavy atom. The zero-order valence-electron chi connectivity index (χ0n) is 18.5. The lowest BCUT2D eigenvalue weighted by Gasteiger charge is -2.51. The molecule has 5 rings (SSSR count). The summed E-state index contributed by atoms with van der Waals surface area (Å²) in [5.41, 5.74) is -1.87. The lowest BCUT2D eigenvalue weighted by molar-refractivity contribution is -0.149. The third-order valence-electron chi connectivity index (χ3n) is 8.07. The van der Waals surface area contributed by atoms with Gasteiger partial charge in [0.25, 0.3) is 0 Å². The van der Waals surface area contributed by atoms with E-state index in [4.69, 9.17) is 9.47 Å². The van der Waals surface area contributed by atoms with Gasteiger partial charge in [-0.1, -0.05) is 49.3 Å². The smallest absolute Gasteiger partial charge is 0.304 e.